The molecule has 29 heavy (non-hydrogen) atoms. The van der Waals surface area contributed by atoms with Crippen molar-refractivity contribution in [2.75, 3.05) is 6.61 Å². The average molecular weight is 397 g/mol. The minimum absolute atomic E-state index is 0.0993. The molecule has 0 unspecified atom stereocenters. The highest BCUT2D eigenvalue weighted by molar-refractivity contribution is 5.87. The van der Waals surface area contributed by atoms with Gasteiger partial charge in [-0.3, -0.25) is 4.79 Å². The topological polar surface area (TPSA) is 89.0 Å². The van der Waals surface area contributed by atoms with Crippen molar-refractivity contribution in [1.82, 2.24) is 10.7 Å². The number of benzene rings is 2. The molecule has 0 heterocycles. The predicted octanol–water partition coefficient (Wildman–Crippen LogP) is 3.28. The number of carbonyl (C=O) groups excluding carboxylic acids is 2. The molecule has 2 N–H and O–H groups in total. The number of nitrogens with zero attached hydrogens (tertiary/aromatic N) is 1. The lowest BCUT2D eigenvalue weighted by Crippen LogP contribution is -2.47. The summed E-state index contributed by atoms with van der Waals surface area (Å²) in [5.74, 6) is 0.334. The lowest BCUT2D eigenvalue weighted by molar-refractivity contribution is -0.123. The normalized spacial score (nSPS) is 11.9. The summed E-state index contributed by atoms with van der Waals surface area (Å²) in [6.07, 6.45) is 1.30. The van der Waals surface area contributed by atoms with Gasteiger partial charge in [0.25, 0.3) is 5.91 Å². The quantitative estimate of drug-likeness (QED) is 0.502. The summed E-state index contributed by atoms with van der Waals surface area (Å²) in [6, 6.07) is 16.0. The second kappa shape index (κ2) is 11.5. The zero-order chi connectivity index (χ0) is 21.1. The fourth-order valence-corrected chi connectivity index (χ4v) is 2.53. The molecule has 0 spiro atoms. The summed E-state index contributed by atoms with van der Waals surface area (Å²) in [5.41, 5.74) is 4.19. The molecule has 0 aliphatic rings. The van der Waals surface area contributed by atoms with E-state index < -0.39 is 18.0 Å². The Labute approximate surface area is 171 Å². The number of ether oxygens (including phenoxy) is 2. The first kappa shape index (κ1) is 21.9. The molecular weight excluding hydrogens is 370 g/mol. The van der Waals surface area contributed by atoms with E-state index in [0.717, 1.165) is 16.9 Å². The summed E-state index contributed by atoms with van der Waals surface area (Å²) in [4.78, 5) is 24.3. The molecular formula is C22H27N3O4. The van der Waals surface area contributed by atoms with Crippen LogP contribution in [-0.2, 0) is 16.0 Å². The Balaban J connectivity index is 1.98. The predicted molar refractivity (Wildman–Crippen MR) is 112 cm³/mol. The Hall–Kier alpha value is -3.35. The molecule has 0 radical (unpaired) electrons. The van der Waals surface area contributed by atoms with E-state index in [-0.39, 0.29) is 12.7 Å². The molecule has 1 atom stereocenters. The van der Waals surface area contributed by atoms with Crippen LogP contribution in [0.15, 0.2) is 59.7 Å². The van der Waals surface area contributed by atoms with Crippen LogP contribution in [0.2, 0.25) is 0 Å². The van der Waals surface area contributed by atoms with Gasteiger partial charge in [0, 0.05) is 6.42 Å². The molecule has 2 rings (SSSR count). The standard InChI is InChI=1S/C22H27N3O4/c1-4-28-22(27)24-20(14-17-8-6-5-7-9-17)21(26)25-23-15-18-10-12-19(13-11-18)29-16(2)3/h5-13,15-16,20H,4,14H2,1-3H3,(H,24,27)(H,25,26)/b23-15-/t20-/m0/s1. The van der Waals surface area contributed by atoms with Crippen molar-refractivity contribution in [2.45, 2.75) is 39.3 Å². The number of hydrogen-bond donors (Lipinski definition) is 2. The Morgan fingerprint density at radius 2 is 1.76 bits per heavy atom. The van der Waals surface area contributed by atoms with Crippen LogP contribution in [-0.4, -0.2) is 37.0 Å². The van der Waals surface area contributed by atoms with Gasteiger partial charge in [-0.25, -0.2) is 10.2 Å². The molecule has 7 nitrogen and oxygen atoms in total. The second-order valence-corrected chi connectivity index (χ2v) is 6.58. The highest BCUT2D eigenvalue weighted by Gasteiger charge is 2.21. The van der Waals surface area contributed by atoms with Crippen LogP contribution in [0.1, 0.15) is 31.9 Å². The van der Waals surface area contributed by atoms with E-state index >= 15 is 0 Å². The summed E-state index contributed by atoms with van der Waals surface area (Å²) in [7, 11) is 0. The van der Waals surface area contributed by atoms with Crippen LogP contribution < -0.4 is 15.5 Å². The minimum Gasteiger partial charge on any atom is -0.491 e. The van der Waals surface area contributed by atoms with E-state index in [2.05, 4.69) is 15.8 Å². The van der Waals surface area contributed by atoms with E-state index in [0.29, 0.717) is 6.42 Å². The monoisotopic (exact) mass is 397 g/mol. The molecule has 2 amide bonds. The zero-order valence-corrected chi connectivity index (χ0v) is 16.9. The van der Waals surface area contributed by atoms with Crippen LogP contribution >= 0.6 is 0 Å². The van der Waals surface area contributed by atoms with Crippen molar-refractivity contribution < 1.29 is 19.1 Å². The van der Waals surface area contributed by atoms with Gasteiger partial charge in [-0.15, -0.1) is 0 Å². The Morgan fingerprint density at radius 1 is 1.07 bits per heavy atom. The minimum atomic E-state index is -0.810. The number of amides is 2. The smallest absolute Gasteiger partial charge is 0.407 e. The number of nitrogens with one attached hydrogen (secondary N) is 2. The maximum Gasteiger partial charge on any atom is 0.407 e. The van der Waals surface area contributed by atoms with Crippen LogP contribution in [0.4, 0.5) is 4.79 Å². The van der Waals surface area contributed by atoms with E-state index in [4.69, 9.17) is 9.47 Å². The maximum absolute atomic E-state index is 12.5. The molecule has 2 aromatic carbocycles. The van der Waals surface area contributed by atoms with Crippen molar-refractivity contribution in [2.24, 2.45) is 5.10 Å². The summed E-state index contributed by atoms with van der Waals surface area (Å²) < 4.78 is 10.5. The SMILES string of the molecule is CCOC(=O)N[C@@H](Cc1ccccc1)C(=O)N/N=C\c1ccc(OC(C)C)cc1. The third-order valence-corrected chi connectivity index (χ3v) is 3.81. The molecule has 0 saturated carbocycles. The largest absolute Gasteiger partial charge is 0.491 e. The third-order valence-electron chi connectivity index (χ3n) is 3.81. The number of alkyl carbamates (subject to hydrolysis) is 1. The lowest BCUT2D eigenvalue weighted by Gasteiger charge is -2.16. The fraction of sp³-hybridized carbons (Fsp3) is 0.318. The first-order valence-corrected chi connectivity index (χ1v) is 9.54. The van der Waals surface area contributed by atoms with Gasteiger partial charge in [-0.2, -0.15) is 5.10 Å². The molecule has 154 valence electrons. The van der Waals surface area contributed by atoms with Gasteiger partial charge in [0.1, 0.15) is 11.8 Å². The molecule has 7 heteroatoms. The molecule has 0 aromatic heterocycles. The number of carbonyl (C=O) groups is 2. The molecule has 0 fully saturated rings. The van der Waals surface area contributed by atoms with Crippen molar-refractivity contribution in [3.05, 3.63) is 65.7 Å². The van der Waals surface area contributed by atoms with Crippen molar-refractivity contribution >= 4 is 18.2 Å². The van der Waals surface area contributed by atoms with Gasteiger partial charge in [-0.05, 0) is 56.2 Å². The van der Waals surface area contributed by atoms with E-state index in [1.165, 1.54) is 6.21 Å². The molecule has 0 bridgehead atoms. The first-order valence-electron chi connectivity index (χ1n) is 9.54. The highest BCUT2D eigenvalue weighted by atomic mass is 16.5. The summed E-state index contributed by atoms with van der Waals surface area (Å²) in [5, 5.41) is 6.57. The highest BCUT2D eigenvalue weighted by Crippen LogP contribution is 2.12. The molecule has 0 aliphatic heterocycles. The summed E-state index contributed by atoms with van der Waals surface area (Å²) in [6.45, 7) is 5.84. The average Bonchev–Trinajstić information content (AvgIpc) is 2.69. The number of rotatable bonds is 9. The van der Waals surface area contributed by atoms with Gasteiger partial charge in [0.05, 0.1) is 18.9 Å². The van der Waals surface area contributed by atoms with Crippen LogP contribution in [0.25, 0.3) is 0 Å². The third kappa shape index (κ3) is 8.04. The van der Waals surface area contributed by atoms with E-state index in [1.807, 2.05) is 68.4 Å². The lowest BCUT2D eigenvalue weighted by atomic mass is 10.1. The Bertz CT molecular complexity index is 805. The Morgan fingerprint density at radius 3 is 2.38 bits per heavy atom. The maximum atomic E-state index is 12.5. The van der Waals surface area contributed by atoms with Gasteiger partial charge in [0.15, 0.2) is 0 Å². The van der Waals surface area contributed by atoms with Crippen LogP contribution in [0, 0.1) is 0 Å². The van der Waals surface area contributed by atoms with Gasteiger partial charge in [-0.1, -0.05) is 30.3 Å². The molecule has 0 aliphatic carbocycles. The van der Waals surface area contributed by atoms with Crippen LogP contribution in [0.5, 0.6) is 5.75 Å². The summed E-state index contributed by atoms with van der Waals surface area (Å²) >= 11 is 0. The van der Waals surface area contributed by atoms with Crippen LogP contribution in [0.3, 0.4) is 0 Å². The van der Waals surface area contributed by atoms with E-state index in [9.17, 15) is 9.59 Å². The Kier molecular flexibility index (Phi) is 8.69. The second-order valence-electron chi connectivity index (χ2n) is 6.58. The number of hydrogen-bond acceptors (Lipinski definition) is 5. The molecule has 0 saturated heterocycles. The van der Waals surface area contributed by atoms with Crippen molar-refractivity contribution in [1.29, 1.82) is 0 Å². The van der Waals surface area contributed by atoms with Gasteiger partial charge in [0.2, 0.25) is 0 Å². The fourth-order valence-electron chi connectivity index (χ4n) is 2.53. The molecule has 2 aromatic rings. The van der Waals surface area contributed by atoms with Crippen molar-refractivity contribution in [3.8, 4) is 5.75 Å². The first-order chi connectivity index (χ1) is 14.0. The van der Waals surface area contributed by atoms with Crippen molar-refractivity contribution in [3.63, 3.8) is 0 Å². The van der Waals surface area contributed by atoms with Gasteiger partial charge >= 0.3 is 6.09 Å². The van der Waals surface area contributed by atoms with Gasteiger partial charge < -0.3 is 14.8 Å². The number of hydrazone groups is 1. The van der Waals surface area contributed by atoms with E-state index in [1.54, 1.807) is 6.92 Å². The zero-order valence-electron chi connectivity index (χ0n) is 16.9.